The molecule has 5 heteroatoms. The summed E-state index contributed by atoms with van der Waals surface area (Å²) < 4.78 is 4.35. The molecule has 0 N–H and O–H groups in total. The Hall–Kier alpha value is -1.91. The van der Waals surface area contributed by atoms with E-state index in [1.54, 1.807) is 18.2 Å². The third-order valence-corrected chi connectivity index (χ3v) is 1.31. The highest BCUT2D eigenvalue weighted by atomic mass is 16.7. The summed E-state index contributed by atoms with van der Waals surface area (Å²) in [5.74, 6) is -0.683. The highest BCUT2D eigenvalue weighted by Crippen LogP contribution is 2.00. The fourth-order valence-corrected chi connectivity index (χ4v) is 0.769. The van der Waals surface area contributed by atoms with Crippen molar-refractivity contribution in [1.29, 1.82) is 0 Å². The van der Waals surface area contributed by atoms with Crippen LogP contribution in [-0.4, -0.2) is 17.6 Å². The first-order valence-corrected chi connectivity index (χ1v) is 3.54. The van der Waals surface area contributed by atoms with Gasteiger partial charge in [-0.15, -0.1) is 0 Å². The minimum atomic E-state index is -0.798. The van der Waals surface area contributed by atoms with Crippen molar-refractivity contribution in [2.24, 2.45) is 0 Å². The van der Waals surface area contributed by atoms with Crippen molar-refractivity contribution in [3.63, 3.8) is 0 Å². The van der Waals surface area contributed by atoms with Crippen LogP contribution in [0, 0.1) is 10.1 Å². The number of carbonyl (C=O) groups is 1. The quantitative estimate of drug-likeness (QED) is 0.303. The number of nitro groups is 1. The average Bonchev–Trinajstić information content (AvgIpc) is 2.15. The molecule has 13 heavy (non-hydrogen) atoms. The fraction of sp³-hybridized carbons (Fsp3) is 0.125. The molecular weight excluding hydrogens is 174 g/mol. The van der Waals surface area contributed by atoms with Crippen LogP contribution in [0.25, 0.3) is 0 Å². The van der Waals surface area contributed by atoms with Gasteiger partial charge in [-0.05, 0) is 12.1 Å². The number of esters is 1. The van der Waals surface area contributed by atoms with Crippen LogP contribution in [0.15, 0.2) is 30.3 Å². The van der Waals surface area contributed by atoms with E-state index < -0.39 is 17.6 Å². The van der Waals surface area contributed by atoms with Gasteiger partial charge in [0, 0.05) is 0 Å². The Kier molecular flexibility index (Phi) is 2.97. The van der Waals surface area contributed by atoms with Gasteiger partial charge in [0.05, 0.1) is 10.5 Å². The second kappa shape index (κ2) is 4.20. The standard InChI is InChI=1S/C8H7NO4/c10-8(13-6-9(11)12)7-4-2-1-3-5-7/h1-5H,6H2. The topological polar surface area (TPSA) is 69.4 Å². The molecular formula is C8H7NO4. The minimum Gasteiger partial charge on any atom is -0.397 e. The van der Waals surface area contributed by atoms with E-state index in [4.69, 9.17) is 0 Å². The molecule has 0 amide bonds. The van der Waals surface area contributed by atoms with E-state index in [0.717, 1.165) is 0 Å². The number of benzene rings is 1. The Labute approximate surface area is 74.1 Å². The number of hydrogen-bond donors (Lipinski definition) is 0. The van der Waals surface area contributed by atoms with Crippen molar-refractivity contribution < 1.29 is 14.5 Å². The molecule has 0 spiro atoms. The van der Waals surface area contributed by atoms with Crippen molar-refractivity contribution in [1.82, 2.24) is 0 Å². The van der Waals surface area contributed by atoms with Crippen LogP contribution in [0.4, 0.5) is 0 Å². The fourth-order valence-electron chi connectivity index (χ4n) is 0.769. The van der Waals surface area contributed by atoms with Crippen LogP contribution < -0.4 is 0 Å². The third kappa shape index (κ3) is 2.90. The highest BCUT2D eigenvalue weighted by molar-refractivity contribution is 5.89. The third-order valence-electron chi connectivity index (χ3n) is 1.31. The van der Waals surface area contributed by atoms with E-state index in [-0.39, 0.29) is 0 Å². The Bertz CT molecular complexity index is 309. The number of ether oxygens (including phenoxy) is 1. The number of nitrogens with zero attached hydrogens (tertiary/aromatic N) is 1. The van der Waals surface area contributed by atoms with E-state index >= 15 is 0 Å². The molecule has 0 aliphatic heterocycles. The average molecular weight is 181 g/mol. The smallest absolute Gasteiger partial charge is 0.347 e. The van der Waals surface area contributed by atoms with Crippen molar-refractivity contribution >= 4 is 5.97 Å². The predicted molar refractivity (Wildman–Crippen MR) is 43.7 cm³/mol. The molecule has 1 aromatic carbocycles. The lowest BCUT2D eigenvalue weighted by Crippen LogP contribution is -2.12. The van der Waals surface area contributed by atoms with Crippen LogP contribution in [0.5, 0.6) is 0 Å². The lowest BCUT2D eigenvalue weighted by atomic mass is 10.2. The van der Waals surface area contributed by atoms with Gasteiger partial charge in [-0.3, -0.25) is 10.1 Å². The maximum absolute atomic E-state index is 11.0. The lowest BCUT2D eigenvalue weighted by Gasteiger charge is -1.98. The van der Waals surface area contributed by atoms with Crippen molar-refractivity contribution in [3.8, 4) is 0 Å². The number of rotatable bonds is 3. The van der Waals surface area contributed by atoms with E-state index in [0.29, 0.717) is 5.56 Å². The monoisotopic (exact) mass is 181 g/mol. The zero-order valence-corrected chi connectivity index (χ0v) is 6.67. The van der Waals surface area contributed by atoms with E-state index in [2.05, 4.69) is 4.74 Å². The maximum atomic E-state index is 11.0. The molecule has 0 saturated heterocycles. The van der Waals surface area contributed by atoms with Crippen LogP contribution in [0.3, 0.4) is 0 Å². The normalized spacial score (nSPS) is 9.23. The first-order chi connectivity index (χ1) is 6.20. The van der Waals surface area contributed by atoms with Gasteiger partial charge in [-0.2, -0.15) is 0 Å². The number of carbonyl (C=O) groups excluding carboxylic acids is 1. The maximum Gasteiger partial charge on any atom is 0.347 e. The summed E-state index contributed by atoms with van der Waals surface area (Å²) in [5.41, 5.74) is 0.310. The molecule has 0 aromatic heterocycles. The van der Waals surface area contributed by atoms with Crippen LogP contribution in [-0.2, 0) is 4.74 Å². The van der Waals surface area contributed by atoms with E-state index in [9.17, 15) is 14.9 Å². The first kappa shape index (κ1) is 9.18. The lowest BCUT2D eigenvalue weighted by molar-refractivity contribution is -0.517. The SMILES string of the molecule is O=C(OC[N+](=O)[O-])c1ccccc1. The molecule has 0 atom stereocenters. The summed E-state index contributed by atoms with van der Waals surface area (Å²) in [4.78, 5) is 20.2. The summed E-state index contributed by atoms with van der Waals surface area (Å²) in [7, 11) is 0. The Morgan fingerprint density at radius 3 is 2.54 bits per heavy atom. The molecule has 0 heterocycles. The molecule has 0 aliphatic carbocycles. The van der Waals surface area contributed by atoms with Crippen LogP contribution in [0.1, 0.15) is 10.4 Å². The summed E-state index contributed by atoms with van der Waals surface area (Å²) in [5, 5.41) is 9.86. The number of hydrogen-bond acceptors (Lipinski definition) is 4. The van der Waals surface area contributed by atoms with E-state index in [1.165, 1.54) is 12.1 Å². The van der Waals surface area contributed by atoms with Crippen molar-refractivity contribution in [2.75, 3.05) is 6.73 Å². The summed E-state index contributed by atoms with van der Waals surface area (Å²) in [6.07, 6.45) is 0. The zero-order valence-electron chi connectivity index (χ0n) is 6.67. The molecule has 0 saturated carbocycles. The van der Waals surface area contributed by atoms with Gasteiger partial charge in [-0.1, -0.05) is 18.2 Å². The Balaban J connectivity index is 2.54. The molecule has 0 aliphatic rings. The molecule has 0 unspecified atom stereocenters. The molecule has 0 fully saturated rings. The largest absolute Gasteiger partial charge is 0.397 e. The molecule has 0 bridgehead atoms. The Morgan fingerprint density at radius 2 is 2.00 bits per heavy atom. The summed E-state index contributed by atoms with van der Waals surface area (Å²) in [6, 6.07) is 8.11. The van der Waals surface area contributed by atoms with Gasteiger partial charge in [0.2, 0.25) is 0 Å². The highest BCUT2D eigenvalue weighted by Gasteiger charge is 2.08. The van der Waals surface area contributed by atoms with Gasteiger partial charge in [0.1, 0.15) is 0 Å². The first-order valence-electron chi connectivity index (χ1n) is 3.54. The molecule has 1 aromatic rings. The molecule has 5 nitrogen and oxygen atoms in total. The minimum absolute atomic E-state index is 0.310. The Morgan fingerprint density at radius 1 is 1.38 bits per heavy atom. The second-order valence-corrected chi connectivity index (χ2v) is 2.26. The zero-order chi connectivity index (χ0) is 9.68. The predicted octanol–water partition coefficient (Wildman–Crippen LogP) is 1.08. The van der Waals surface area contributed by atoms with Gasteiger partial charge in [-0.25, -0.2) is 4.79 Å². The van der Waals surface area contributed by atoms with Gasteiger partial charge >= 0.3 is 12.7 Å². The van der Waals surface area contributed by atoms with Gasteiger partial charge in [0.25, 0.3) is 0 Å². The van der Waals surface area contributed by atoms with Crippen LogP contribution >= 0.6 is 0 Å². The van der Waals surface area contributed by atoms with Crippen molar-refractivity contribution in [2.45, 2.75) is 0 Å². The van der Waals surface area contributed by atoms with E-state index in [1.807, 2.05) is 0 Å². The van der Waals surface area contributed by atoms with Gasteiger partial charge < -0.3 is 4.74 Å². The second-order valence-electron chi connectivity index (χ2n) is 2.26. The van der Waals surface area contributed by atoms with Crippen molar-refractivity contribution in [3.05, 3.63) is 46.0 Å². The molecule has 1 rings (SSSR count). The summed E-state index contributed by atoms with van der Waals surface area (Å²) in [6.45, 7) is -0.798. The molecule has 0 radical (unpaired) electrons. The van der Waals surface area contributed by atoms with Crippen LogP contribution in [0.2, 0.25) is 0 Å². The molecule has 68 valence electrons. The van der Waals surface area contributed by atoms with Gasteiger partial charge in [0.15, 0.2) is 0 Å². The summed E-state index contributed by atoms with van der Waals surface area (Å²) >= 11 is 0.